The van der Waals surface area contributed by atoms with Gasteiger partial charge in [-0.25, -0.2) is 4.39 Å². The van der Waals surface area contributed by atoms with Crippen molar-refractivity contribution in [1.82, 2.24) is 4.90 Å². The average molecular weight is 298 g/mol. The molecule has 0 spiro atoms. The highest BCUT2D eigenvalue weighted by Crippen LogP contribution is 2.35. The molecule has 0 amide bonds. The zero-order chi connectivity index (χ0) is 13.4. The zero-order valence-corrected chi connectivity index (χ0v) is 12.2. The number of aromatic hydroxyl groups is 1. The second-order valence-electron chi connectivity index (χ2n) is 4.69. The van der Waals surface area contributed by atoms with Gasteiger partial charge in [0.25, 0.3) is 0 Å². The number of aliphatic imine (C=N–C) groups is 1. The van der Waals surface area contributed by atoms with Crippen LogP contribution in [0.4, 0.5) is 4.39 Å². The molecule has 0 unspecified atom stereocenters. The summed E-state index contributed by atoms with van der Waals surface area (Å²) in [7, 11) is 2.11. The fourth-order valence-electron chi connectivity index (χ4n) is 2.35. The lowest BCUT2D eigenvalue weighted by Crippen LogP contribution is -2.33. The maximum atomic E-state index is 13.4. The standard InChI is InChI=1S/C13H15FN2OS2/c1-16-5-6-18-13(16)10-7-19-12(15-10)8-3-2-4-9(14)11(8)17/h2-4,10,13,17H,5-7H2,1H3/t10-,13+/m0/s1. The third kappa shape index (κ3) is 2.49. The molecule has 0 aromatic heterocycles. The molecule has 2 atom stereocenters. The Bertz CT molecular complexity index is 523. The predicted octanol–water partition coefficient (Wildman–Crippen LogP) is 2.40. The molecule has 19 heavy (non-hydrogen) atoms. The van der Waals surface area contributed by atoms with E-state index in [1.807, 2.05) is 11.8 Å². The third-order valence-corrected chi connectivity index (χ3v) is 5.93. The molecular weight excluding hydrogens is 283 g/mol. The molecule has 1 fully saturated rings. The van der Waals surface area contributed by atoms with Crippen molar-refractivity contribution in [3.63, 3.8) is 0 Å². The number of hydrogen-bond donors (Lipinski definition) is 1. The number of phenolic OH excluding ortho intramolecular Hbond substituents is 1. The molecule has 1 aromatic carbocycles. The van der Waals surface area contributed by atoms with Crippen molar-refractivity contribution in [2.45, 2.75) is 11.4 Å². The van der Waals surface area contributed by atoms with Crippen LogP contribution in [-0.2, 0) is 0 Å². The largest absolute Gasteiger partial charge is 0.504 e. The van der Waals surface area contributed by atoms with E-state index < -0.39 is 5.82 Å². The molecule has 2 aliphatic rings. The van der Waals surface area contributed by atoms with Gasteiger partial charge in [-0.3, -0.25) is 9.89 Å². The van der Waals surface area contributed by atoms with E-state index in [2.05, 4.69) is 16.9 Å². The topological polar surface area (TPSA) is 35.8 Å². The summed E-state index contributed by atoms with van der Waals surface area (Å²) in [6.07, 6.45) is 0. The molecule has 102 valence electrons. The number of hydrogen-bond acceptors (Lipinski definition) is 5. The van der Waals surface area contributed by atoms with Crippen molar-refractivity contribution >= 4 is 28.6 Å². The molecule has 0 aliphatic carbocycles. The van der Waals surface area contributed by atoms with Gasteiger partial charge in [-0.05, 0) is 19.2 Å². The molecule has 2 aliphatic heterocycles. The smallest absolute Gasteiger partial charge is 0.165 e. The van der Waals surface area contributed by atoms with E-state index in [1.54, 1.807) is 23.9 Å². The Hall–Kier alpha value is -0.720. The Morgan fingerprint density at radius 2 is 2.32 bits per heavy atom. The Labute approximate surface area is 120 Å². The minimum atomic E-state index is -0.586. The molecule has 6 heteroatoms. The Balaban J connectivity index is 1.85. The first-order valence-electron chi connectivity index (χ1n) is 6.17. The van der Waals surface area contributed by atoms with Crippen molar-refractivity contribution in [2.75, 3.05) is 25.1 Å². The van der Waals surface area contributed by atoms with E-state index in [1.165, 1.54) is 6.07 Å². The Morgan fingerprint density at radius 1 is 1.47 bits per heavy atom. The van der Waals surface area contributed by atoms with Gasteiger partial charge in [0.2, 0.25) is 0 Å². The van der Waals surface area contributed by atoms with Gasteiger partial charge < -0.3 is 5.11 Å². The van der Waals surface area contributed by atoms with Crippen molar-refractivity contribution < 1.29 is 9.50 Å². The minimum absolute atomic E-state index is 0.222. The zero-order valence-electron chi connectivity index (χ0n) is 10.5. The highest BCUT2D eigenvalue weighted by atomic mass is 32.2. The van der Waals surface area contributed by atoms with Crippen molar-refractivity contribution in [3.8, 4) is 5.75 Å². The predicted molar refractivity (Wildman–Crippen MR) is 79.7 cm³/mol. The first-order valence-corrected chi connectivity index (χ1v) is 8.20. The van der Waals surface area contributed by atoms with Crippen LogP contribution >= 0.6 is 23.5 Å². The van der Waals surface area contributed by atoms with E-state index in [4.69, 9.17) is 0 Å². The van der Waals surface area contributed by atoms with E-state index in [0.29, 0.717) is 10.9 Å². The SMILES string of the molecule is CN1CCS[C@@H]1[C@@H]1CSC(c2cccc(F)c2O)=N1. The summed E-state index contributed by atoms with van der Waals surface area (Å²) in [5.41, 5.74) is 0.512. The van der Waals surface area contributed by atoms with E-state index in [9.17, 15) is 9.50 Å². The fraction of sp³-hybridized carbons (Fsp3) is 0.462. The quantitative estimate of drug-likeness (QED) is 0.909. The number of phenols is 1. The van der Waals surface area contributed by atoms with Gasteiger partial charge in [0.1, 0.15) is 5.04 Å². The number of rotatable bonds is 2. The molecule has 0 radical (unpaired) electrons. The van der Waals surface area contributed by atoms with Gasteiger partial charge in [-0.2, -0.15) is 0 Å². The number of likely N-dealkylation sites (N-methyl/N-ethyl adjacent to an activating group) is 1. The summed E-state index contributed by atoms with van der Waals surface area (Å²) < 4.78 is 13.4. The lowest BCUT2D eigenvalue weighted by molar-refractivity contribution is 0.328. The van der Waals surface area contributed by atoms with Gasteiger partial charge in [0.15, 0.2) is 11.6 Å². The molecule has 1 N–H and O–H groups in total. The average Bonchev–Trinajstić information content (AvgIpc) is 3.01. The lowest BCUT2D eigenvalue weighted by atomic mass is 10.2. The van der Waals surface area contributed by atoms with Crippen LogP contribution in [0.15, 0.2) is 23.2 Å². The van der Waals surface area contributed by atoms with Gasteiger partial charge in [-0.1, -0.05) is 6.07 Å². The van der Waals surface area contributed by atoms with Crippen LogP contribution in [0.25, 0.3) is 0 Å². The summed E-state index contributed by atoms with van der Waals surface area (Å²) in [4.78, 5) is 7.00. The number of benzene rings is 1. The number of para-hydroxylation sites is 1. The van der Waals surface area contributed by atoms with E-state index in [-0.39, 0.29) is 11.8 Å². The van der Waals surface area contributed by atoms with Crippen LogP contribution in [0, 0.1) is 5.82 Å². The first-order chi connectivity index (χ1) is 9.16. The fourth-order valence-corrected chi connectivity index (χ4v) is 4.96. The van der Waals surface area contributed by atoms with Crippen molar-refractivity contribution in [1.29, 1.82) is 0 Å². The summed E-state index contributed by atoms with van der Waals surface area (Å²) in [6, 6.07) is 4.81. The third-order valence-electron chi connectivity index (χ3n) is 3.39. The molecule has 0 saturated carbocycles. The lowest BCUT2D eigenvalue weighted by Gasteiger charge is -2.21. The molecule has 0 bridgehead atoms. The number of nitrogens with zero attached hydrogens (tertiary/aromatic N) is 2. The second-order valence-corrected chi connectivity index (χ2v) is 6.92. The second kappa shape index (κ2) is 5.34. The molecule has 3 rings (SSSR count). The molecule has 1 aromatic rings. The van der Waals surface area contributed by atoms with Gasteiger partial charge in [0, 0.05) is 18.1 Å². The summed E-state index contributed by atoms with van der Waals surface area (Å²) in [5.74, 6) is 1.16. The van der Waals surface area contributed by atoms with E-state index >= 15 is 0 Å². The van der Waals surface area contributed by atoms with Crippen LogP contribution in [0.3, 0.4) is 0 Å². The van der Waals surface area contributed by atoms with Crippen LogP contribution in [0.5, 0.6) is 5.75 Å². The van der Waals surface area contributed by atoms with Crippen molar-refractivity contribution in [3.05, 3.63) is 29.6 Å². The maximum absolute atomic E-state index is 13.4. The van der Waals surface area contributed by atoms with Gasteiger partial charge >= 0.3 is 0 Å². The van der Waals surface area contributed by atoms with Crippen LogP contribution in [-0.4, -0.2) is 51.6 Å². The maximum Gasteiger partial charge on any atom is 0.165 e. The summed E-state index contributed by atoms with van der Waals surface area (Å²) in [6.45, 7) is 1.09. The molecule has 3 nitrogen and oxygen atoms in total. The van der Waals surface area contributed by atoms with Gasteiger partial charge in [0.05, 0.1) is 17.0 Å². The molecule has 1 saturated heterocycles. The first kappa shape index (κ1) is 13.3. The highest BCUT2D eigenvalue weighted by Gasteiger charge is 2.34. The normalized spacial score (nSPS) is 27.8. The minimum Gasteiger partial charge on any atom is -0.504 e. The highest BCUT2D eigenvalue weighted by molar-refractivity contribution is 8.14. The van der Waals surface area contributed by atoms with Crippen LogP contribution < -0.4 is 0 Å². The Morgan fingerprint density at radius 3 is 3.05 bits per heavy atom. The summed E-state index contributed by atoms with van der Waals surface area (Å²) >= 11 is 3.52. The van der Waals surface area contributed by atoms with Crippen LogP contribution in [0.1, 0.15) is 5.56 Å². The van der Waals surface area contributed by atoms with Crippen LogP contribution in [0.2, 0.25) is 0 Å². The number of thioether (sulfide) groups is 2. The Kier molecular flexibility index (Phi) is 3.73. The van der Waals surface area contributed by atoms with Crippen molar-refractivity contribution in [2.24, 2.45) is 4.99 Å². The number of halogens is 1. The molecule has 2 heterocycles. The van der Waals surface area contributed by atoms with E-state index in [0.717, 1.165) is 23.1 Å². The summed E-state index contributed by atoms with van der Waals surface area (Å²) in [5, 5.41) is 10.9. The molecular formula is C13H15FN2OS2. The van der Waals surface area contributed by atoms with Gasteiger partial charge in [-0.15, -0.1) is 23.5 Å². The monoisotopic (exact) mass is 298 g/mol.